The molecule has 5 aromatic rings. The van der Waals surface area contributed by atoms with Crippen LogP contribution in [0.25, 0.3) is 21.8 Å². The number of carbonyl (C=O) groups excluding carboxylic acids is 1. The Labute approximate surface area is 209 Å². The number of aromatic nitrogens is 2. The number of H-pyrrole nitrogens is 2. The lowest BCUT2D eigenvalue weighted by Gasteiger charge is -2.27. The summed E-state index contributed by atoms with van der Waals surface area (Å²) in [5.74, 6) is -0.676. The number of hydrogen-bond acceptors (Lipinski definition) is 3. The maximum atomic E-state index is 13.5. The molecule has 0 fully saturated rings. The molecular formula is C28H26N4O3S. The van der Waals surface area contributed by atoms with Crippen molar-refractivity contribution in [2.45, 2.75) is 30.7 Å². The maximum Gasteiger partial charge on any atom is 0.268 e. The SMILES string of the molecule is Cc1ccc(S(=O)(=O)N[C@H]2CNC(=O)c3[nH]c4ccccc4c3[C@@H]2c2c[nH]c3c(C)cccc23)cc1. The van der Waals surface area contributed by atoms with Crippen molar-refractivity contribution in [2.75, 3.05) is 6.54 Å². The number of aryl methyl sites for hydroxylation is 2. The maximum absolute atomic E-state index is 13.5. The van der Waals surface area contributed by atoms with Crippen molar-refractivity contribution in [3.05, 3.63) is 101 Å². The lowest BCUT2D eigenvalue weighted by molar-refractivity contribution is 0.0950. The Morgan fingerprint density at radius 3 is 2.47 bits per heavy atom. The zero-order valence-electron chi connectivity index (χ0n) is 19.9. The predicted octanol–water partition coefficient (Wildman–Crippen LogP) is 4.49. The smallest absolute Gasteiger partial charge is 0.268 e. The van der Waals surface area contributed by atoms with Crippen molar-refractivity contribution >= 4 is 37.7 Å². The molecule has 0 unspecified atom stereocenters. The molecule has 0 saturated heterocycles. The van der Waals surface area contributed by atoms with E-state index in [4.69, 9.17) is 0 Å². The number of nitrogens with one attached hydrogen (secondary N) is 4. The highest BCUT2D eigenvalue weighted by molar-refractivity contribution is 7.89. The van der Waals surface area contributed by atoms with Gasteiger partial charge in [-0.2, -0.15) is 0 Å². The molecule has 2 atom stereocenters. The van der Waals surface area contributed by atoms with Crippen LogP contribution >= 0.6 is 0 Å². The molecule has 0 saturated carbocycles. The van der Waals surface area contributed by atoms with Gasteiger partial charge in [0.15, 0.2) is 0 Å². The monoisotopic (exact) mass is 498 g/mol. The third kappa shape index (κ3) is 3.61. The van der Waals surface area contributed by atoms with Gasteiger partial charge in [-0.15, -0.1) is 0 Å². The van der Waals surface area contributed by atoms with Crippen LogP contribution in [0.5, 0.6) is 0 Å². The van der Waals surface area contributed by atoms with Crippen LogP contribution in [0.15, 0.2) is 77.8 Å². The summed E-state index contributed by atoms with van der Waals surface area (Å²) in [5.41, 5.74) is 6.09. The molecular weight excluding hydrogens is 472 g/mol. The second-order valence-electron chi connectivity index (χ2n) is 9.43. The highest BCUT2D eigenvalue weighted by Gasteiger charge is 2.38. The zero-order valence-corrected chi connectivity index (χ0v) is 20.7. The lowest BCUT2D eigenvalue weighted by atomic mass is 9.84. The summed E-state index contributed by atoms with van der Waals surface area (Å²) in [7, 11) is -3.86. The van der Waals surface area contributed by atoms with Crippen LogP contribution in [0, 0.1) is 13.8 Å². The third-order valence-corrected chi connectivity index (χ3v) is 8.60. The molecule has 1 amide bonds. The second-order valence-corrected chi connectivity index (χ2v) is 11.1. The molecule has 0 aliphatic carbocycles. The number of benzene rings is 3. The number of aromatic amines is 2. The van der Waals surface area contributed by atoms with Crippen molar-refractivity contribution in [3.8, 4) is 0 Å². The summed E-state index contributed by atoms with van der Waals surface area (Å²) >= 11 is 0. The first kappa shape index (κ1) is 22.6. The van der Waals surface area contributed by atoms with E-state index < -0.39 is 22.0 Å². The van der Waals surface area contributed by atoms with Crippen molar-refractivity contribution < 1.29 is 13.2 Å². The fourth-order valence-electron chi connectivity index (χ4n) is 5.33. The number of sulfonamides is 1. The molecule has 8 heteroatoms. The number of rotatable bonds is 4. The summed E-state index contributed by atoms with van der Waals surface area (Å²) in [6, 6.07) is 20.0. The quantitative estimate of drug-likeness (QED) is 0.293. The minimum Gasteiger partial charge on any atom is -0.361 e. The first-order valence-electron chi connectivity index (χ1n) is 11.9. The molecule has 2 aromatic heterocycles. The van der Waals surface area contributed by atoms with E-state index in [1.807, 2.05) is 62.5 Å². The Morgan fingerprint density at radius 2 is 1.67 bits per heavy atom. The molecule has 36 heavy (non-hydrogen) atoms. The zero-order chi connectivity index (χ0) is 25.0. The van der Waals surface area contributed by atoms with E-state index in [1.54, 1.807) is 24.3 Å². The predicted molar refractivity (Wildman–Crippen MR) is 141 cm³/mol. The van der Waals surface area contributed by atoms with Crippen LogP contribution < -0.4 is 10.0 Å². The topological polar surface area (TPSA) is 107 Å². The van der Waals surface area contributed by atoms with Gasteiger partial charge in [0.1, 0.15) is 5.69 Å². The number of fused-ring (bicyclic) bond motifs is 4. The van der Waals surface area contributed by atoms with Gasteiger partial charge < -0.3 is 15.3 Å². The van der Waals surface area contributed by atoms with Crippen molar-refractivity contribution in [3.63, 3.8) is 0 Å². The van der Waals surface area contributed by atoms with Gasteiger partial charge in [0, 0.05) is 40.5 Å². The summed E-state index contributed by atoms with van der Waals surface area (Å²) in [4.78, 5) is 20.1. The van der Waals surface area contributed by atoms with E-state index in [0.29, 0.717) is 5.69 Å². The second kappa shape index (κ2) is 8.36. The van der Waals surface area contributed by atoms with Crippen molar-refractivity contribution in [1.82, 2.24) is 20.0 Å². The van der Waals surface area contributed by atoms with Crippen molar-refractivity contribution in [2.24, 2.45) is 0 Å². The molecule has 0 bridgehead atoms. The Morgan fingerprint density at radius 1 is 0.917 bits per heavy atom. The van der Waals surface area contributed by atoms with Crippen LogP contribution in [0.4, 0.5) is 0 Å². The van der Waals surface area contributed by atoms with Gasteiger partial charge in [-0.3, -0.25) is 4.79 Å². The van der Waals surface area contributed by atoms with Crippen LogP contribution in [0.1, 0.15) is 38.7 Å². The van der Waals surface area contributed by atoms with Crippen LogP contribution in [-0.2, 0) is 10.0 Å². The van der Waals surface area contributed by atoms with E-state index in [9.17, 15) is 13.2 Å². The standard InChI is InChI=1S/C28H26N4O3S/c1-16-10-12-18(13-11-16)36(34,35)32-23-15-30-28(33)27-25(20-7-3-4-9-22(20)31-27)24(23)21-14-29-26-17(2)6-5-8-19(21)26/h3-14,23-24,29,31-32H,15H2,1-2H3,(H,30,33)/t23-,24+/m0/s1. The van der Waals surface area contributed by atoms with Crippen LogP contribution in [0.2, 0.25) is 0 Å². The Hall–Kier alpha value is -3.88. The average molecular weight is 499 g/mol. The highest BCUT2D eigenvalue weighted by Crippen LogP contribution is 2.41. The molecule has 3 aromatic carbocycles. The minimum absolute atomic E-state index is 0.143. The number of para-hydroxylation sites is 2. The van der Waals surface area contributed by atoms with E-state index in [0.717, 1.165) is 44.1 Å². The molecule has 182 valence electrons. The molecule has 1 aliphatic rings. The van der Waals surface area contributed by atoms with Crippen LogP contribution in [-0.4, -0.2) is 36.9 Å². The van der Waals surface area contributed by atoms with Crippen LogP contribution in [0.3, 0.4) is 0 Å². The number of hydrogen-bond donors (Lipinski definition) is 4. The normalized spacial score (nSPS) is 18.2. The average Bonchev–Trinajstić information content (AvgIpc) is 3.43. The molecule has 6 rings (SSSR count). The fraction of sp³-hybridized carbons (Fsp3) is 0.179. The van der Waals surface area contributed by atoms with Gasteiger partial charge in [0.05, 0.1) is 10.9 Å². The molecule has 0 radical (unpaired) electrons. The first-order chi connectivity index (χ1) is 17.3. The fourth-order valence-corrected chi connectivity index (χ4v) is 6.58. The highest BCUT2D eigenvalue weighted by atomic mass is 32.2. The van der Waals surface area contributed by atoms with E-state index in [2.05, 4.69) is 20.0 Å². The molecule has 0 spiro atoms. The summed E-state index contributed by atoms with van der Waals surface area (Å²) in [5, 5.41) is 4.84. The minimum atomic E-state index is -3.86. The Balaban J connectivity index is 1.58. The molecule has 4 N–H and O–H groups in total. The van der Waals surface area contributed by atoms with E-state index >= 15 is 0 Å². The van der Waals surface area contributed by atoms with E-state index in [-0.39, 0.29) is 17.3 Å². The lowest BCUT2D eigenvalue weighted by Crippen LogP contribution is -2.45. The van der Waals surface area contributed by atoms with Gasteiger partial charge >= 0.3 is 0 Å². The summed E-state index contributed by atoms with van der Waals surface area (Å²) in [6.07, 6.45) is 1.94. The van der Waals surface area contributed by atoms with Gasteiger partial charge in [-0.25, -0.2) is 13.1 Å². The summed E-state index contributed by atoms with van der Waals surface area (Å²) < 4.78 is 30.0. The number of amides is 1. The Bertz CT molecular complexity index is 1730. The molecule has 1 aliphatic heterocycles. The van der Waals surface area contributed by atoms with Crippen molar-refractivity contribution in [1.29, 1.82) is 0 Å². The largest absolute Gasteiger partial charge is 0.361 e. The first-order valence-corrected chi connectivity index (χ1v) is 13.4. The molecule has 7 nitrogen and oxygen atoms in total. The van der Waals surface area contributed by atoms with E-state index in [1.165, 1.54) is 0 Å². The van der Waals surface area contributed by atoms with Gasteiger partial charge in [0.25, 0.3) is 5.91 Å². The van der Waals surface area contributed by atoms with Gasteiger partial charge in [-0.1, -0.05) is 54.1 Å². The molecule has 3 heterocycles. The number of carbonyl (C=O) groups is 1. The third-order valence-electron chi connectivity index (χ3n) is 7.10. The summed E-state index contributed by atoms with van der Waals surface area (Å²) in [6.45, 7) is 4.09. The van der Waals surface area contributed by atoms with Gasteiger partial charge in [0.2, 0.25) is 10.0 Å². The Kier molecular flexibility index (Phi) is 5.24. The van der Waals surface area contributed by atoms with Gasteiger partial charge in [-0.05, 0) is 48.7 Å².